The smallest absolute Gasteiger partial charge is 0.408 e. The maximum Gasteiger partial charge on any atom is 0.408 e. The Labute approximate surface area is 201 Å². The molecule has 1 rings (SSSR count). The number of nitrogens with zero attached hydrogens (tertiary/aromatic N) is 1. The molecule has 2 atom stereocenters. The number of primary amides is 1. The number of amides is 4. The van der Waals surface area contributed by atoms with Crippen LogP contribution in [0.15, 0.2) is 24.3 Å². The number of nitrogens with one attached hydrogen (secondary N) is 2. The third kappa shape index (κ3) is 9.29. The molecule has 0 saturated carbocycles. The van der Waals surface area contributed by atoms with Crippen molar-refractivity contribution in [3.05, 3.63) is 29.8 Å². The average molecular weight is 479 g/mol. The highest BCUT2D eigenvalue weighted by atomic mass is 16.6. The molecule has 1 aromatic carbocycles. The van der Waals surface area contributed by atoms with Crippen molar-refractivity contribution in [2.24, 2.45) is 5.73 Å². The topological polar surface area (TPSA) is 151 Å². The van der Waals surface area contributed by atoms with Gasteiger partial charge in [0, 0.05) is 12.6 Å². The minimum Gasteiger partial charge on any atom is -0.508 e. The van der Waals surface area contributed by atoms with Crippen molar-refractivity contribution >= 4 is 23.8 Å². The zero-order chi connectivity index (χ0) is 26.1. The minimum absolute atomic E-state index is 0.00881. The Hall–Kier alpha value is -3.30. The monoisotopic (exact) mass is 478 g/mol. The number of rotatable bonds is 11. The molecule has 0 aromatic heterocycles. The highest BCUT2D eigenvalue weighted by Crippen LogP contribution is 2.27. The molecule has 0 aliphatic heterocycles. The first kappa shape index (κ1) is 28.7. The lowest BCUT2D eigenvalue weighted by Gasteiger charge is -2.37. The van der Waals surface area contributed by atoms with Gasteiger partial charge in [0.2, 0.25) is 17.7 Å². The number of phenolic OH excluding ortho intramolecular Hbond substituents is 1. The van der Waals surface area contributed by atoms with Gasteiger partial charge >= 0.3 is 6.09 Å². The standard InChI is InChI=1S/C24H38N4O6/c1-7-8-13-26-21(31)20(16-9-11-17(29)12-10-16)28(15(2)3)22(32)18(14-19(25)30)27-23(33)34-24(4,5)6/h9-12,15,18,20,29H,7-8,13-14H2,1-6H3,(H2,25,30)(H,26,31)(H,27,33). The molecule has 0 aliphatic carbocycles. The third-order valence-corrected chi connectivity index (χ3v) is 4.77. The van der Waals surface area contributed by atoms with Crippen molar-refractivity contribution in [2.45, 2.75) is 84.5 Å². The van der Waals surface area contributed by atoms with Crippen LogP contribution in [0.4, 0.5) is 4.79 Å². The Bertz CT molecular complexity index is 848. The van der Waals surface area contributed by atoms with Gasteiger partial charge in [0.15, 0.2) is 0 Å². The van der Waals surface area contributed by atoms with E-state index in [2.05, 4.69) is 10.6 Å². The summed E-state index contributed by atoms with van der Waals surface area (Å²) in [5.74, 6) is -1.87. The predicted octanol–water partition coefficient (Wildman–Crippen LogP) is 2.36. The minimum atomic E-state index is -1.34. The maximum absolute atomic E-state index is 13.7. The van der Waals surface area contributed by atoms with E-state index < -0.39 is 54.0 Å². The fourth-order valence-electron chi connectivity index (χ4n) is 3.29. The first-order valence-electron chi connectivity index (χ1n) is 11.4. The van der Waals surface area contributed by atoms with Crippen molar-refractivity contribution in [2.75, 3.05) is 6.54 Å². The van der Waals surface area contributed by atoms with E-state index in [1.54, 1.807) is 46.8 Å². The second-order valence-electron chi connectivity index (χ2n) is 9.35. The molecule has 5 N–H and O–H groups in total. The van der Waals surface area contributed by atoms with Crippen LogP contribution in [-0.2, 0) is 19.1 Å². The number of hydrogen-bond donors (Lipinski definition) is 4. The normalized spacial score (nSPS) is 13.0. The molecule has 0 fully saturated rings. The van der Waals surface area contributed by atoms with Crippen molar-refractivity contribution in [1.29, 1.82) is 0 Å². The van der Waals surface area contributed by atoms with Crippen LogP contribution < -0.4 is 16.4 Å². The summed E-state index contributed by atoms with van der Waals surface area (Å²) in [6.45, 7) is 10.9. The third-order valence-electron chi connectivity index (χ3n) is 4.77. The Morgan fingerprint density at radius 2 is 1.71 bits per heavy atom. The van der Waals surface area contributed by atoms with Gasteiger partial charge in [0.05, 0.1) is 6.42 Å². The second-order valence-corrected chi connectivity index (χ2v) is 9.35. The zero-order valence-electron chi connectivity index (χ0n) is 20.9. The molecule has 10 nitrogen and oxygen atoms in total. The SMILES string of the molecule is CCCCNC(=O)C(c1ccc(O)cc1)N(C(=O)C(CC(N)=O)NC(=O)OC(C)(C)C)C(C)C. The Kier molecular flexibility index (Phi) is 10.8. The van der Waals surface area contributed by atoms with Crippen LogP contribution in [0.5, 0.6) is 5.75 Å². The molecule has 0 heterocycles. The fraction of sp³-hybridized carbons (Fsp3) is 0.583. The maximum atomic E-state index is 13.7. The summed E-state index contributed by atoms with van der Waals surface area (Å²) in [5, 5.41) is 15.0. The van der Waals surface area contributed by atoms with Crippen LogP contribution in [0.1, 0.15) is 72.4 Å². The number of carbonyl (C=O) groups is 4. The number of phenols is 1. The zero-order valence-corrected chi connectivity index (χ0v) is 20.9. The Morgan fingerprint density at radius 3 is 2.18 bits per heavy atom. The summed E-state index contributed by atoms with van der Waals surface area (Å²) >= 11 is 0. The van der Waals surface area contributed by atoms with Crippen LogP contribution >= 0.6 is 0 Å². The van der Waals surface area contributed by atoms with Gasteiger partial charge in [-0.2, -0.15) is 0 Å². The molecule has 4 amide bonds. The van der Waals surface area contributed by atoms with Crippen LogP contribution in [0, 0.1) is 0 Å². The van der Waals surface area contributed by atoms with Gasteiger partial charge in [-0.25, -0.2) is 4.79 Å². The summed E-state index contributed by atoms with van der Waals surface area (Å²) in [6, 6.07) is 3.05. The van der Waals surface area contributed by atoms with Crippen LogP contribution in [0.25, 0.3) is 0 Å². The number of unbranched alkanes of at least 4 members (excludes halogenated alkanes) is 1. The Balaban J connectivity index is 3.39. The summed E-state index contributed by atoms with van der Waals surface area (Å²) in [6.07, 6.45) is 0.275. The molecule has 0 bridgehead atoms. The first-order valence-corrected chi connectivity index (χ1v) is 11.4. The van der Waals surface area contributed by atoms with Crippen molar-refractivity contribution in [3.63, 3.8) is 0 Å². The van der Waals surface area contributed by atoms with E-state index in [-0.39, 0.29) is 5.75 Å². The van der Waals surface area contributed by atoms with Crippen molar-refractivity contribution in [3.8, 4) is 5.75 Å². The van der Waals surface area contributed by atoms with Gasteiger partial charge in [-0.15, -0.1) is 0 Å². The molecule has 10 heteroatoms. The Morgan fingerprint density at radius 1 is 1.12 bits per heavy atom. The molecule has 2 unspecified atom stereocenters. The number of nitrogens with two attached hydrogens (primary N) is 1. The molecular weight excluding hydrogens is 440 g/mol. The largest absolute Gasteiger partial charge is 0.508 e. The molecule has 0 saturated heterocycles. The number of carbonyl (C=O) groups excluding carboxylic acids is 4. The van der Waals surface area contributed by atoms with E-state index >= 15 is 0 Å². The van der Waals surface area contributed by atoms with E-state index in [0.717, 1.165) is 12.8 Å². The number of ether oxygens (including phenoxy) is 1. The first-order chi connectivity index (χ1) is 15.8. The average Bonchev–Trinajstić information content (AvgIpc) is 2.70. The lowest BCUT2D eigenvalue weighted by Crippen LogP contribution is -2.56. The lowest BCUT2D eigenvalue weighted by atomic mass is 10.00. The van der Waals surface area contributed by atoms with Gasteiger partial charge in [-0.1, -0.05) is 25.5 Å². The van der Waals surface area contributed by atoms with Gasteiger partial charge in [-0.3, -0.25) is 14.4 Å². The summed E-state index contributed by atoms with van der Waals surface area (Å²) < 4.78 is 5.23. The van der Waals surface area contributed by atoms with Crippen LogP contribution in [0.2, 0.25) is 0 Å². The second kappa shape index (κ2) is 12.8. The molecule has 34 heavy (non-hydrogen) atoms. The van der Waals surface area contributed by atoms with Crippen LogP contribution in [0.3, 0.4) is 0 Å². The summed E-state index contributed by atoms with van der Waals surface area (Å²) in [5.41, 5.74) is 4.98. The highest BCUT2D eigenvalue weighted by molar-refractivity contribution is 5.94. The van der Waals surface area contributed by atoms with Gasteiger partial charge < -0.3 is 31.1 Å². The number of aromatic hydroxyl groups is 1. The molecule has 0 aliphatic rings. The van der Waals surface area contributed by atoms with E-state index in [1.807, 2.05) is 6.92 Å². The predicted molar refractivity (Wildman–Crippen MR) is 128 cm³/mol. The van der Waals surface area contributed by atoms with E-state index in [9.17, 15) is 24.3 Å². The van der Waals surface area contributed by atoms with E-state index in [0.29, 0.717) is 12.1 Å². The highest BCUT2D eigenvalue weighted by Gasteiger charge is 2.38. The molecular formula is C24H38N4O6. The molecule has 1 aromatic rings. The summed E-state index contributed by atoms with van der Waals surface area (Å²) in [7, 11) is 0. The van der Waals surface area contributed by atoms with Crippen molar-refractivity contribution in [1.82, 2.24) is 15.5 Å². The molecule has 0 radical (unpaired) electrons. The number of benzene rings is 1. The number of hydrogen-bond acceptors (Lipinski definition) is 6. The van der Waals surface area contributed by atoms with Gasteiger partial charge in [0.1, 0.15) is 23.4 Å². The lowest BCUT2D eigenvalue weighted by molar-refractivity contribution is -0.145. The quantitative estimate of drug-likeness (QED) is 0.358. The fourth-order valence-corrected chi connectivity index (χ4v) is 3.29. The van der Waals surface area contributed by atoms with Gasteiger partial charge in [-0.05, 0) is 58.7 Å². The molecule has 0 spiro atoms. The van der Waals surface area contributed by atoms with E-state index in [4.69, 9.17) is 10.5 Å². The van der Waals surface area contributed by atoms with Crippen molar-refractivity contribution < 1.29 is 29.0 Å². The van der Waals surface area contributed by atoms with E-state index in [1.165, 1.54) is 17.0 Å². The number of alkyl carbamates (subject to hydrolysis) is 1. The molecule has 190 valence electrons. The van der Waals surface area contributed by atoms with Crippen LogP contribution in [-0.4, -0.2) is 58.1 Å². The van der Waals surface area contributed by atoms with Gasteiger partial charge in [0.25, 0.3) is 0 Å². The summed E-state index contributed by atoms with van der Waals surface area (Å²) in [4.78, 5) is 52.3.